The van der Waals surface area contributed by atoms with Crippen molar-refractivity contribution < 1.29 is 14.1 Å². The average Bonchev–Trinajstić information content (AvgIpc) is 3.31. The van der Waals surface area contributed by atoms with Crippen molar-refractivity contribution in [3.05, 3.63) is 46.8 Å². The van der Waals surface area contributed by atoms with Gasteiger partial charge in [-0.3, -0.25) is 9.69 Å². The predicted octanol–water partition coefficient (Wildman–Crippen LogP) is 2.84. The average molecular weight is 355 g/mol. The van der Waals surface area contributed by atoms with Crippen LogP contribution in [0, 0.1) is 13.8 Å². The third-order valence-electron chi connectivity index (χ3n) is 5.28. The first-order valence-electron chi connectivity index (χ1n) is 9.29. The van der Waals surface area contributed by atoms with Crippen LogP contribution in [0.25, 0.3) is 0 Å². The second-order valence-corrected chi connectivity index (χ2v) is 7.30. The zero-order valence-electron chi connectivity index (χ0n) is 15.3. The molecular formula is C20H25N3O3. The van der Waals surface area contributed by atoms with Crippen molar-refractivity contribution in [1.82, 2.24) is 15.4 Å². The Kier molecular flexibility index (Phi) is 4.68. The van der Waals surface area contributed by atoms with Crippen molar-refractivity contribution in [3.63, 3.8) is 0 Å². The van der Waals surface area contributed by atoms with Crippen LogP contribution >= 0.6 is 0 Å². The predicted molar refractivity (Wildman–Crippen MR) is 97.2 cm³/mol. The molecule has 1 aliphatic heterocycles. The number of rotatable bonds is 6. The maximum atomic E-state index is 12.6. The molecule has 2 fully saturated rings. The summed E-state index contributed by atoms with van der Waals surface area (Å²) in [6, 6.07) is 8.34. The van der Waals surface area contributed by atoms with Crippen LogP contribution in [0.1, 0.15) is 46.6 Å². The highest BCUT2D eigenvalue weighted by Crippen LogP contribution is 2.29. The molecule has 0 spiro atoms. The lowest BCUT2D eigenvalue weighted by atomic mass is 10.1. The fourth-order valence-corrected chi connectivity index (χ4v) is 3.54. The molecule has 0 unspecified atom stereocenters. The molecule has 1 N–H and O–H groups in total. The molecule has 6 heteroatoms. The number of carbonyl (C=O) groups is 1. The highest BCUT2D eigenvalue weighted by atomic mass is 16.5. The number of ether oxygens (including phenoxy) is 1. The molecule has 2 aliphatic rings. The summed E-state index contributed by atoms with van der Waals surface area (Å²) in [7, 11) is 0. The van der Waals surface area contributed by atoms with Gasteiger partial charge in [0, 0.05) is 30.7 Å². The van der Waals surface area contributed by atoms with E-state index in [9.17, 15) is 4.79 Å². The minimum atomic E-state index is -0.0320. The molecule has 1 aromatic carbocycles. The number of likely N-dealkylation sites (tertiary alicyclic amines) is 1. The molecule has 1 aliphatic carbocycles. The lowest BCUT2D eigenvalue weighted by Gasteiger charge is -2.16. The van der Waals surface area contributed by atoms with Crippen molar-refractivity contribution in [2.24, 2.45) is 0 Å². The number of nitrogens with zero attached hydrogens (tertiary/aromatic N) is 2. The summed E-state index contributed by atoms with van der Waals surface area (Å²) in [6.07, 6.45) is 3.65. The van der Waals surface area contributed by atoms with Crippen LogP contribution in [0.15, 0.2) is 28.8 Å². The van der Waals surface area contributed by atoms with Gasteiger partial charge in [0.15, 0.2) is 0 Å². The van der Waals surface area contributed by atoms with E-state index in [0.717, 1.165) is 42.6 Å². The molecule has 2 heterocycles. The highest BCUT2D eigenvalue weighted by molar-refractivity contribution is 5.94. The van der Waals surface area contributed by atoms with Crippen LogP contribution in [0.4, 0.5) is 0 Å². The summed E-state index contributed by atoms with van der Waals surface area (Å²) >= 11 is 0. The van der Waals surface area contributed by atoms with Crippen molar-refractivity contribution in [1.29, 1.82) is 0 Å². The summed E-state index contributed by atoms with van der Waals surface area (Å²) in [5, 5.41) is 7.09. The lowest BCUT2D eigenvalue weighted by molar-refractivity contribution is 0.0937. The highest BCUT2D eigenvalue weighted by Gasteiger charge is 2.34. The van der Waals surface area contributed by atoms with Gasteiger partial charge in [-0.15, -0.1) is 0 Å². The lowest BCUT2D eigenvalue weighted by Crippen LogP contribution is -2.37. The fraction of sp³-hybridized carbons (Fsp3) is 0.500. The molecule has 4 rings (SSSR count). The molecule has 1 aromatic heterocycles. The van der Waals surface area contributed by atoms with Gasteiger partial charge in [0.05, 0.1) is 11.3 Å². The number of hydrogen-bond donors (Lipinski definition) is 1. The van der Waals surface area contributed by atoms with Crippen LogP contribution in [0.5, 0.6) is 5.75 Å². The van der Waals surface area contributed by atoms with E-state index in [1.54, 1.807) is 6.07 Å². The van der Waals surface area contributed by atoms with Gasteiger partial charge < -0.3 is 14.6 Å². The maximum absolute atomic E-state index is 12.6. The minimum absolute atomic E-state index is 0.0320. The van der Waals surface area contributed by atoms with E-state index in [2.05, 4.69) is 15.4 Å². The summed E-state index contributed by atoms with van der Waals surface area (Å²) in [4.78, 5) is 15.1. The van der Waals surface area contributed by atoms with Gasteiger partial charge in [0.2, 0.25) is 0 Å². The van der Waals surface area contributed by atoms with Gasteiger partial charge in [-0.2, -0.15) is 0 Å². The molecule has 2 aromatic rings. The van der Waals surface area contributed by atoms with E-state index in [1.165, 1.54) is 12.8 Å². The molecule has 138 valence electrons. The number of aryl methyl sites for hydroxylation is 2. The SMILES string of the molecule is Cc1noc(C)c1COc1cccc(C(=O)N[C@H]2CCN(C3CC3)C2)c1. The van der Waals surface area contributed by atoms with Gasteiger partial charge in [0.25, 0.3) is 5.91 Å². The second kappa shape index (κ2) is 7.11. The Morgan fingerprint density at radius 3 is 2.92 bits per heavy atom. The van der Waals surface area contributed by atoms with E-state index in [0.29, 0.717) is 17.9 Å². The van der Waals surface area contributed by atoms with Crippen LogP contribution in [0.3, 0.4) is 0 Å². The van der Waals surface area contributed by atoms with Crippen molar-refractivity contribution in [3.8, 4) is 5.75 Å². The van der Waals surface area contributed by atoms with Gasteiger partial charge >= 0.3 is 0 Å². The summed E-state index contributed by atoms with van der Waals surface area (Å²) in [6.45, 7) is 6.21. The summed E-state index contributed by atoms with van der Waals surface area (Å²) in [5.41, 5.74) is 2.41. The molecular weight excluding hydrogens is 330 g/mol. The quantitative estimate of drug-likeness (QED) is 0.863. The van der Waals surface area contributed by atoms with Crippen LogP contribution in [-0.4, -0.2) is 41.1 Å². The molecule has 0 radical (unpaired) electrons. The molecule has 0 bridgehead atoms. The molecule has 1 saturated heterocycles. The zero-order chi connectivity index (χ0) is 18.1. The summed E-state index contributed by atoms with van der Waals surface area (Å²) < 4.78 is 11.0. The Morgan fingerprint density at radius 1 is 1.35 bits per heavy atom. The first kappa shape index (κ1) is 17.1. The zero-order valence-corrected chi connectivity index (χ0v) is 15.3. The van der Waals surface area contributed by atoms with E-state index in [-0.39, 0.29) is 11.9 Å². The van der Waals surface area contributed by atoms with Crippen LogP contribution in [0.2, 0.25) is 0 Å². The monoisotopic (exact) mass is 355 g/mol. The van der Waals surface area contributed by atoms with Crippen LogP contribution in [-0.2, 0) is 6.61 Å². The Balaban J connectivity index is 1.35. The Labute approximate surface area is 153 Å². The van der Waals surface area contributed by atoms with E-state index >= 15 is 0 Å². The van der Waals surface area contributed by atoms with Crippen molar-refractivity contribution in [2.75, 3.05) is 13.1 Å². The number of benzene rings is 1. The second-order valence-electron chi connectivity index (χ2n) is 7.30. The number of aromatic nitrogens is 1. The Morgan fingerprint density at radius 2 is 2.19 bits per heavy atom. The molecule has 6 nitrogen and oxygen atoms in total. The maximum Gasteiger partial charge on any atom is 0.251 e. The van der Waals surface area contributed by atoms with Crippen molar-refractivity contribution >= 4 is 5.91 Å². The number of carbonyl (C=O) groups excluding carboxylic acids is 1. The standard InChI is InChI=1S/C20H25N3O3/c1-13-19(14(2)26-22-13)12-25-18-5-3-4-15(10-18)20(24)21-16-8-9-23(11-16)17-6-7-17/h3-5,10,16-17H,6-9,11-12H2,1-2H3,(H,21,24)/t16-/m0/s1. The van der Waals surface area contributed by atoms with Crippen molar-refractivity contribution in [2.45, 2.75) is 51.8 Å². The van der Waals surface area contributed by atoms with Gasteiger partial charge in [-0.1, -0.05) is 11.2 Å². The van der Waals surface area contributed by atoms with Gasteiger partial charge in [0.1, 0.15) is 18.1 Å². The number of nitrogens with one attached hydrogen (secondary N) is 1. The molecule has 1 saturated carbocycles. The summed E-state index contributed by atoms with van der Waals surface area (Å²) in [5.74, 6) is 1.40. The Bertz CT molecular complexity index is 778. The smallest absolute Gasteiger partial charge is 0.251 e. The van der Waals surface area contributed by atoms with Gasteiger partial charge in [-0.25, -0.2) is 0 Å². The first-order chi connectivity index (χ1) is 12.6. The third kappa shape index (κ3) is 3.75. The van der Waals surface area contributed by atoms with Gasteiger partial charge in [-0.05, 0) is 51.3 Å². The normalized spacial score (nSPS) is 20.3. The topological polar surface area (TPSA) is 67.6 Å². The molecule has 26 heavy (non-hydrogen) atoms. The van der Waals surface area contributed by atoms with E-state index in [4.69, 9.17) is 9.26 Å². The number of hydrogen-bond acceptors (Lipinski definition) is 5. The largest absolute Gasteiger partial charge is 0.489 e. The van der Waals surface area contributed by atoms with E-state index in [1.807, 2.05) is 32.0 Å². The minimum Gasteiger partial charge on any atom is -0.489 e. The Hall–Kier alpha value is -2.34. The number of amides is 1. The van der Waals surface area contributed by atoms with E-state index < -0.39 is 0 Å². The fourth-order valence-electron chi connectivity index (χ4n) is 3.54. The third-order valence-corrected chi connectivity index (χ3v) is 5.28. The molecule has 1 amide bonds. The first-order valence-corrected chi connectivity index (χ1v) is 9.29. The molecule has 1 atom stereocenters. The van der Waals surface area contributed by atoms with Crippen LogP contribution < -0.4 is 10.1 Å².